The predicted molar refractivity (Wildman–Crippen MR) is 59.5 cm³/mol. The standard InChI is InChI=1S/C12H18N2/c1-2-11-7-4-6-10-14(11)12-8-3-5-9-13-12/h3,5,8-9,11H,2,4,6-7,10H2,1H3. The Labute approximate surface area is 86.0 Å². The monoisotopic (exact) mass is 190 g/mol. The summed E-state index contributed by atoms with van der Waals surface area (Å²) in [5.41, 5.74) is 0. The van der Waals surface area contributed by atoms with Crippen LogP contribution in [-0.2, 0) is 0 Å². The Balaban J connectivity index is 2.15. The fourth-order valence-corrected chi connectivity index (χ4v) is 2.25. The van der Waals surface area contributed by atoms with Gasteiger partial charge in [0.05, 0.1) is 0 Å². The normalized spacial score (nSPS) is 22.4. The van der Waals surface area contributed by atoms with E-state index in [0.717, 1.165) is 5.82 Å². The number of aromatic nitrogens is 1. The Bertz CT molecular complexity index is 271. The van der Waals surface area contributed by atoms with Crippen molar-refractivity contribution in [2.45, 2.75) is 38.6 Å². The zero-order chi connectivity index (χ0) is 9.80. The molecule has 1 saturated heterocycles. The number of nitrogens with zero attached hydrogens (tertiary/aromatic N) is 2. The first-order valence-electron chi connectivity index (χ1n) is 5.59. The third-order valence-corrected chi connectivity index (χ3v) is 3.04. The van der Waals surface area contributed by atoms with Crippen LogP contribution in [0.5, 0.6) is 0 Å². The average Bonchev–Trinajstić information content (AvgIpc) is 2.30. The largest absolute Gasteiger partial charge is 0.354 e. The fourth-order valence-electron chi connectivity index (χ4n) is 2.25. The van der Waals surface area contributed by atoms with E-state index in [1.807, 2.05) is 12.3 Å². The van der Waals surface area contributed by atoms with Crippen LogP contribution in [0.3, 0.4) is 0 Å². The van der Waals surface area contributed by atoms with Crippen molar-refractivity contribution in [1.29, 1.82) is 0 Å². The molecule has 0 aromatic carbocycles. The van der Waals surface area contributed by atoms with Crippen LogP contribution in [0.2, 0.25) is 0 Å². The maximum Gasteiger partial charge on any atom is 0.128 e. The van der Waals surface area contributed by atoms with Crippen molar-refractivity contribution < 1.29 is 0 Å². The van der Waals surface area contributed by atoms with Gasteiger partial charge in [0, 0.05) is 18.8 Å². The van der Waals surface area contributed by atoms with Gasteiger partial charge in [-0.2, -0.15) is 0 Å². The van der Waals surface area contributed by atoms with E-state index in [1.165, 1.54) is 32.2 Å². The molecule has 2 rings (SSSR count). The Morgan fingerprint density at radius 3 is 3.07 bits per heavy atom. The highest BCUT2D eigenvalue weighted by Gasteiger charge is 2.21. The first-order chi connectivity index (χ1) is 6.92. The average molecular weight is 190 g/mol. The molecule has 76 valence electrons. The van der Waals surface area contributed by atoms with Crippen molar-refractivity contribution in [2.75, 3.05) is 11.4 Å². The van der Waals surface area contributed by atoms with Crippen molar-refractivity contribution >= 4 is 5.82 Å². The lowest BCUT2D eigenvalue weighted by Crippen LogP contribution is -2.39. The molecule has 1 unspecified atom stereocenters. The lowest BCUT2D eigenvalue weighted by atomic mass is 10.0. The molecule has 0 saturated carbocycles. The summed E-state index contributed by atoms with van der Waals surface area (Å²) in [6, 6.07) is 6.88. The topological polar surface area (TPSA) is 16.1 Å². The molecule has 0 amide bonds. The van der Waals surface area contributed by atoms with Crippen molar-refractivity contribution in [1.82, 2.24) is 4.98 Å². The Morgan fingerprint density at radius 1 is 1.43 bits per heavy atom. The minimum absolute atomic E-state index is 0.707. The molecule has 1 aromatic rings. The second kappa shape index (κ2) is 4.45. The van der Waals surface area contributed by atoms with E-state index in [2.05, 4.69) is 28.9 Å². The van der Waals surface area contributed by atoms with Crippen LogP contribution in [0.25, 0.3) is 0 Å². The smallest absolute Gasteiger partial charge is 0.128 e. The van der Waals surface area contributed by atoms with Crippen molar-refractivity contribution in [3.8, 4) is 0 Å². The number of hydrogen-bond donors (Lipinski definition) is 0. The molecular weight excluding hydrogens is 172 g/mol. The molecule has 0 N–H and O–H groups in total. The lowest BCUT2D eigenvalue weighted by molar-refractivity contribution is 0.447. The fraction of sp³-hybridized carbons (Fsp3) is 0.583. The van der Waals surface area contributed by atoms with Gasteiger partial charge in [0.1, 0.15) is 5.82 Å². The Hall–Kier alpha value is -1.05. The molecular formula is C12H18N2. The van der Waals surface area contributed by atoms with Gasteiger partial charge in [-0.1, -0.05) is 13.0 Å². The summed E-state index contributed by atoms with van der Waals surface area (Å²) in [5.74, 6) is 1.15. The molecule has 0 radical (unpaired) electrons. The van der Waals surface area contributed by atoms with Crippen LogP contribution < -0.4 is 4.90 Å². The molecule has 2 nitrogen and oxygen atoms in total. The van der Waals surface area contributed by atoms with Gasteiger partial charge in [0.15, 0.2) is 0 Å². The van der Waals surface area contributed by atoms with E-state index in [-0.39, 0.29) is 0 Å². The summed E-state index contributed by atoms with van der Waals surface area (Å²) >= 11 is 0. The van der Waals surface area contributed by atoms with Crippen LogP contribution in [-0.4, -0.2) is 17.6 Å². The maximum atomic E-state index is 4.43. The summed E-state index contributed by atoms with van der Waals surface area (Å²) in [4.78, 5) is 6.89. The number of pyridine rings is 1. The molecule has 0 aliphatic carbocycles. The van der Waals surface area contributed by atoms with Crippen LogP contribution >= 0.6 is 0 Å². The summed E-state index contributed by atoms with van der Waals surface area (Å²) in [5, 5.41) is 0. The molecule has 2 heteroatoms. The van der Waals surface area contributed by atoms with Gasteiger partial charge < -0.3 is 4.90 Å². The van der Waals surface area contributed by atoms with Crippen molar-refractivity contribution in [3.63, 3.8) is 0 Å². The van der Waals surface area contributed by atoms with Crippen LogP contribution in [0.4, 0.5) is 5.82 Å². The van der Waals surface area contributed by atoms with Crippen LogP contribution in [0.15, 0.2) is 24.4 Å². The lowest BCUT2D eigenvalue weighted by Gasteiger charge is -2.36. The van der Waals surface area contributed by atoms with E-state index in [9.17, 15) is 0 Å². The second-order valence-electron chi connectivity index (χ2n) is 3.94. The summed E-state index contributed by atoms with van der Waals surface area (Å²) < 4.78 is 0. The van der Waals surface area contributed by atoms with Crippen molar-refractivity contribution in [3.05, 3.63) is 24.4 Å². The van der Waals surface area contributed by atoms with Gasteiger partial charge in [0.2, 0.25) is 0 Å². The van der Waals surface area contributed by atoms with Gasteiger partial charge in [-0.3, -0.25) is 0 Å². The van der Waals surface area contributed by atoms with Gasteiger partial charge in [0.25, 0.3) is 0 Å². The van der Waals surface area contributed by atoms with Gasteiger partial charge in [-0.25, -0.2) is 4.98 Å². The minimum atomic E-state index is 0.707. The Kier molecular flexibility index (Phi) is 3.02. The van der Waals surface area contributed by atoms with Crippen LogP contribution in [0, 0.1) is 0 Å². The first kappa shape index (κ1) is 9.50. The van der Waals surface area contributed by atoms with E-state index in [4.69, 9.17) is 0 Å². The molecule has 0 spiro atoms. The molecule has 0 bridgehead atoms. The first-order valence-corrected chi connectivity index (χ1v) is 5.59. The SMILES string of the molecule is CCC1CCCCN1c1ccccn1. The molecule has 1 fully saturated rings. The van der Waals surface area contributed by atoms with Gasteiger partial charge >= 0.3 is 0 Å². The molecule has 14 heavy (non-hydrogen) atoms. The number of rotatable bonds is 2. The third-order valence-electron chi connectivity index (χ3n) is 3.04. The van der Waals surface area contributed by atoms with Gasteiger partial charge in [-0.05, 0) is 37.8 Å². The van der Waals surface area contributed by atoms with Crippen molar-refractivity contribution in [2.24, 2.45) is 0 Å². The highest BCUT2D eigenvalue weighted by molar-refractivity contribution is 5.39. The summed E-state index contributed by atoms with van der Waals surface area (Å²) in [6.07, 6.45) is 7.13. The number of hydrogen-bond acceptors (Lipinski definition) is 2. The number of piperidine rings is 1. The molecule has 1 aromatic heterocycles. The number of anilines is 1. The van der Waals surface area contributed by atoms with E-state index in [0.29, 0.717) is 6.04 Å². The molecule has 1 aliphatic heterocycles. The van der Waals surface area contributed by atoms with E-state index >= 15 is 0 Å². The van der Waals surface area contributed by atoms with Crippen LogP contribution in [0.1, 0.15) is 32.6 Å². The molecule has 1 aliphatic rings. The highest BCUT2D eigenvalue weighted by atomic mass is 15.2. The van der Waals surface area contributed by atoms with Gasteiger partial charge in [-0.15, -0.1) is 0 Å². The van der Waals surface area contributed by atoms with E-state index in [1.54, 1.807) is 0 Å². The zero-order valence-electron chi connectivity index (χ0n) is 8.82. The summed E-state index contributed by atoms with van der Waals surface area (Å²) in [6.45, 7) is 3.45. The second-order valence-corrected chi connectivity index (χ2v) is 3.94. The highest BCUT2D eigenvalue weighted by Crippen LogP contribution is 2.24. The molecule has 2 heterocycles. The maximum absolute atomic E-state index is 4.43. The Morgan fingerprint density at radius 2 is 2.36 bits per heavy atom. The quantitative estimate of drug-likeness (QED) is 0.713. The molecule has 1 atom stereocenters. The van der Waals surface area contributed by atoms with E-state index < -0.39 is 0 Å². The zero-order valence-corrected chi connectivity index (χ0v) is 8.82. The third kappa shape index (κ3) is 1.89. The minimum Gasteiger partial charge on any atom is -0.354 e. The predicted octanol–water partition coefficient (Wildman–Crippen LogP) is 2.85. The summed E-state index contributed by atoms with van der Waals surface area (Å²) in [7, 11) is 0.